The molecule has 0 saturated carbocycles. The predicted molar refractivity (Wildman–Crippen MR) is 45.9 cm³/mol. The van der Waals surface area contributed by atoms with Crippen molar-refractivity contribution in [3.63, 3.8) is 0 Å². The normalized spacial score (nSPS) is 22.2. The lowest BCUT2D eigenvalue weighted by Gasteiger charge is -2.14. The average molecular weight is 186 g/mol. The van der Waals surface area contributed by atoms with Crippen LogP contribution < -0.4 is 5.32 Å². The van der Waals surface area contributed by atoms with Crippen LogP contribution in [0.3, 0.4) is 0 Å². The maximum atomic E-state index is 11.1. The highest BCUT2D eigenvalue weighted by Crippen LogP contribution is 2.09. The first-order chi connectivity index (χ1) is 6.13. The van der Waals surface area contributed by atoms with Gasteiger partial charge in [-0.1, -0.05) is 0 Å². The monoisotopic (exact) mass is 186 g/mol. The zero-order valence-corrected chi connectivity index (χ0v) is 7.62. The zero-order chi connectivity index (χ0) is 9.84. The topological polar surface area (TPSA) is 69.6 Å². The molecule has 0 radical (unpaired) electrons. The molecule has 2 amide bonds. The first-order valence-corrected chi connectivity index (χ1v) is 4.36. The second-order valence-corrected chi connectivity index (χ2v) is 3.09. The minimum Gasteiger partial charge on any atom is -0.391 e. The van der Waals surface area contributed by atoms with Gasteiger partial charge in [0.2, 0.25) is 11.8 Å². The lowest BCUT2D eigenvalue weighted by molar-refractivity contribution is -0.133. The van der Waals surface area contributed by atoms with Crippen LogP contribution in [0.4, 0.5) is 0 Å². The lowest BCUT2D eigenvalue weighted by Crippen LogP contribution is -2.38. The van der Waals surface area contributed by atoms with Crippen LogP contribution in [-0.2, 0) is 9.59 Å². The van der Waals surface area contributed by atoms with E-state index in [2.05, 4.69) is 5.32 Å². The number of likely N-dealkylation sites (tertiary alicyclic amines) is 1. The Morgan fingerprint density at radius 3 is 2.92 bits per heavy atom. The largest absolute Gasteiger partial charge is 0.391 e. The van der Waals surface area contributed by atoms with Crippen LogP contribution in [0.5, 0.6) is 0 Å². The molecule has 1 atom stereocenters. The molecule has 0 bridgehead atoms. The summed E-state index contributed by atoms with van der Waals surface area (Å²) in [5, 5.41) is 11.7. The Hall–Kier alpha value is -1.10. The van der Waals surface area contributed by atoms with E-state index in [-0.39, 0.29) is 31.3 Å². The molecule has 0 aromatic rings. The van der Waals surface area contributed by atoms with Gasteiger partial charge >= 0.3 is 0 Å². The molecule has 1 saturated heterocycles. The minimum absolute atomic E-state index is 0.0593. The molecular formula is C8H14N2O3. The summed E-state index contributed by atoms with van der Waals surface area (Å²) in [4.78, 5) is 23.5. The molecule has 2 N–H and O–H groups in total. The molecule has 1 fully saturated rings. The van der Waals surface area contributed by atoms with E-state index in [1.54, 1.807) is 0 Å². The number of hydrogen-bond donors (Lipinski definition) is 2. The van der Waals surface area contributed by atoms with Gasteiger partial charge in [-0.2, -0.15) is 0 Å². The number of β-amino-alcohol motifs (C(OH)–C–C–N with tert-alkyl or cyclic N) is 1. The third-order valence-corrected chi connectivity index (χ3v) is 1.90. The molecule has 5 nitrogen and oxygen atoms in total. The number of amides is 2. The Bertz CT molecular complexity index is 217. The summed E-state index contributed by atoms with van der Waals surface area (Å²) in [5.41, 5.74) is 0. The third-order valence-electron chi connectivity index (χ3n) is 1.90. The van der Waals surface area contributed by atoms with Crippen LogP contribution in [0.25, 0.3) is 0 Å². The summed E-state index contributed by atoms with van der Waals surface area (Å²) in [6, 6.07) is 0. The fourth-order valence-electron chi connectivity index (χ4n) is 1.33. The van der Waals surface area contributed by atoms with Gasteiger partial charge in [-0.15, -0.1) is 0 Å². The molecule has 1 heterocycles. The number of rotatable bonds is 3. The molecule has 74 valence electrons. The first kappa shape index (κ1) is 9.98. The smallest absolute Gasteiger partial charge is 0.239 e. The van der Waals surface area contributed by atoms with Gasteiger partial charge in [-0.05, 0) is 6.92 Å². The highest BCUT2D eigenvalue weighted by atomic mass is 16.3. The van der Waals surface area contributed by atoms with E-state index in [1.807, 2.05) is 6.92 Å². The summed E-state index contributed by atoms with van der Waals surface area (Å²) in [6.45, 7) is 2.71. The van der Waals surface area contributed by atoms with Gasteiger partial charge in [0.15, 0.2) is 0 Å². The molecule has 1 unspecified atom stereocenters. The number of aliphatic hydroxyl groups excluding tert-OH is 1. The Morgan fingerprint density at radius 2 is 2.46 bits per heavy atom. The van der Waals surface area contributed by atoms with Crippen molar-refractivity contribution in [1.82, 2.24) is 10.2 Å². The summed E-state index contributed by atoms with van der Waals surface area (Å²) >= 11 is 0. The lowest BCUT2D eigenvalue weighted by atomic mass is 10.3. The van der Waals surface area contributed by atoms with Crippen molar-refractivity contribution in [1.29, 1.82) is 0 Å². The number of hydrogen-bond acceptors (Lipinski definition) is 3. The molecule has 5 heteroatoms. The molecule has 0 spiro atoms. The number of carbonyl (C=O) groups is 2. The molecule has 0 aromatic carbocycles. The Morgan fingerprint density at radius 1 is 1.77 bits per heavy atom. The second kappa shape index (κ2) is 4.23. The van der Waals surface area contributed by atoms with E-state index in [1.165, 1.54) is 4.90 Å². The summed E-state index contributed by atoms with van der Waals surface area (Å²) in [5.74, 6) is -0.330. The van der Waals surface area contributed by atoms with Gasteiger partial charge < -0.3 is 15.3 Å². The maximum absolute atomic E-state index is 11.1. The van der Waals surface area contributed by atoms with Crippen molar-refractivity contribution < 1.29 is 14.7 Å². The molecule has 0 aliphatic carbocycles. The van der Waals surface area contributed by atoms with Crippen molar-refractivity contribution in [3.05, 3.63) is 0 Å². The van der Waals surface area contributed by atoms with Gasteiger partial charge in [-0.25, -0.2) is 0 Å². The highest BCUT2D eigenvalue weighted by molar-refractivity contribution is 5.86. The van der Waals surface area contributed by atoms with E-state index < -0.39 is 6.10 Å². The minimum atomic E-state index is -0.609. The van der Waals surface area contributed by atoms with Gasteiger partial charge in [0.25, 0.3) is 0 Å². The standard InChI is InChI=1S/C8H14N2O3/c1-2-9-7(12)5-10-4-6(11)3-8(10)13/h6,11H,2-5H2,1H3,(H,9,12). The third kappa shape index (κ3) is 2.69. The zero-order valence-electron chi connectivity index (χ0n) is 7.62. The van der Waals surface area contributed by atoms with Crippen molar-refractivity contribution in [2.75, 3.05) is 19.6 Å². The fraction of sp³-hybridized carbons (Fsp3) is 0.750. The van der Waals surface area contributed by atoms with E-state index in [0.29, 0.717) is 6.54 Å². The summed E-state index contributed by atoms with van der Waals surface area (Å²) < 4.78 is 0. The van der Waals surface area contributed by atoms with Crippen LogP contribution in [0, 0.1) is 0 Å². The van der Waals surface area contributed by atoms with E-state index in [4.69, 9.17) is 5.11 Å². The van der Waals surface area contributed by atoms with Crippen LogP contribution in [0.1, 0.15) is 13.3 Å². The molecule has 1 aliphatic rings. The van der Waals surface area contributed by atoms with Gasteiger partial charge in [-0.3, -0.25) is 9.59 Å². The van der Waals surface area contributed by atoms with E-state index >= 15 is 0 Å². The summed E-state index contributed by atoms with van der Waals surface area (Å²) in [7, 11) is 0. The van der Waals surface area contributed by atoms with Crippen LogP contribution in [0.2, 0.25) is 0 Å². The van der Waals surface area contributed by atoms with Crippen LogP contribution in [0.15, 0.2) is 0 Å². The number of nitrogens with one attached hydrogen (secondary N) is 1. The van der Waals surface area contributed by atoms with Crippen molar-refractivity contribution in [3.8, 4) is 0 Å². The average Bonchev–Trinajstić information content (AvgIpc) is 2.30. The van der Waals surface area contributed by atoms with Gasteiger partial charge in [0.05, 0.1) is 19.1 Å². The number of likely N-dealkylation sites (N-methyl/N-ethyl adjacent to an activating group) is 1. The first-order valence-electron chi connectivity index (χ1n) is 4.36. The van der Waals surface area contributed by atoms with Gasteiger partial charge in [0, 0.05) is 13.1 Å². The Kier molecular flexibility index (Phi) is 3.25. The van der Waals surface area contributed by atoms with Crippen LogP contribution >= 0.6 is 0 Å². The predicted octanol–water partition coefficient (Wildman–Crippen LogP) is -1.28. The highest BCUT2D eigenvalue weighted by Gasteiger charge is 2.28. The second-order valence-electron chi connectivity index (χ2n) is 3.09. The quantitative estimate of drug-likeness (QED) is 0.576. The van der Waals surface area contributed by atoms with Crippen molar-refractivity contribution >= 4 is 11.8 Å². The summed E-state index contributed by atoms with van der Waals surface area (Å²) in [6.07, 6.45) is -0.471. The molecule has 0 aromatic heterocycles. The molecular weight excluding hydrogens is 172 g/mol. The maximum Gasteiger partial charge on any atom is 0.239 e. The molecule has 1 rings (SSSR count). The number of nitrogens with zero attached hydrogens (tertiary/aromatic N) is 1. The van der Waals surface area contributed by atoms with E-state index in [9.17, 15) is 9.59 Å². The molecule has 13 heavy (non-hydrogen) atoms. The van der Waals surface area contributed by atoms with Crippen molar-refractivity contribution in [2.24, 2.45) is 0 Å². The molecule has 1 aliphatic heterocycles. The van der Waals surface area contributed by atoms with Gasteiger partial charge in [0.1, 0.15) is 0 Å². The number of aliphatic hydroxyl groups is 1. The Balaban J connectivity index is 2.37. The Labute approximate surface area is 76.7 Å². The number of carbonyl (C=O) groups excluding carboxylic acids is 2. The SMILES string of the molecule is CCNC(=O)CN1CC(O)CC1=O. The van der Waals surface area contributed by atoms with Crippen molar-refractivity contribution in [2.45, 2.75) is 19.4 Å². The van der Waals surface area contributed by atoms with E-state index in [0.717, 1.165) is 0 Å². The fourth-order valence-corrected chi connectivity index (χ4v) is 1.33. The van der Waals surface area contributed by atoms with Crippen LogP contribution in [-0.4, -0.2) is 47.6 Å².